The minimum atomic E-state index is -0.364. The normalized spacial score (nSPS) is 12.2. The Labute approximate surface area is 95.0 Å². The fraction of sp³-hybridized carbons (Fsp3) is 0.417. The Morgan fingerprint density at radius 3 is 2.56 bits per heavy atom. The maximum atomic E-state index is 11.2. The highest BCUT2D eigenvalue weighted by atomic mass is 16.5. The predicted octanol–water partition coefficient (Wildman–Crippen LogP) is 0.784. The lowest BCUT2D eigenvalue weighted by Crippen LogP contribution is -2.14. The van der Waals surface area contributed by atoms with Gasteiger partial charge in [0.05, 0.1) is 25.7 Å². The van der Waals surface area contributed by atoms with E-state index < -0.39 is 0 Å². The molecule has 0 saturated heterocycles. The van der Waals surface area contributed by atoms with Gasteiger partial charge in [0.1, 0.15) is 0 Å². The third-order valence-electron chi connectivity index (χ3n) is 2.26. The van der Waals surface area contributed by atoms with Crippen LogP contribution in [0.15, 0.2) is 24.3 Å². The largest absolute Gasteiger partial charge is 0.466 e. The topological polar surface area (TPSA) is 72.5 Å². The van der Waals surface area contributed by atoms with Crippen LogP contribution >= 0.6 is 0 Å². The molecule has 0 saturated carbocycles. The molecule has 0 unspecified atom stereocenters. The van der Waals surface area contributed by atoms with Crippen molar-refractivity contribution in [2.75, 3.05) is 13.2 Å². The van der Waals surface area contributed by atoms with Crippen molar-refractivity contribution in [2.24, 2.45) is 5.73 Å². The monoisotopic (exact) mass is 223 g/mol. The van der Waals surface area contributed by atoms with Crippen molar-refractivity contribution in [3.8, 4) is 0 Å². The summed E-state index contributed by atoms with van der Waals surface area (Å²) in [4.78, 5) is 11.2. The summed E-state index contributed by atoms with van der Waals surface area (Å²) >= 11 is 0. The number of esters is 1. The lowest BCUT2D eigenvalue weighted by molar-refractivity contribution is -0.142. The average Bonchev–Trinajstić information content (AvgIpc) is 2.29. The summed E-state index contributed by atoms with van der Waals surface area (Å²) in [5.74, 6) is -0.235. The van der Waals surface area contributed by atoms with E-state index >= 15 is 0 Å². The van der Waals surface area contributed by atoms with Crippen LogP contribution in [0.3, 0.4) is 0 Å². The number of hydrogen-bond acceptors (Lipinski definition) is 4. The molecule has 0 heterocycles. The minimum Gasteiger partial charge on any atom is -0.466 e. The molecule has 0 spiro atoms. The lowest BCUT2D eigenvalue weighted by Gasteiger charge is -2.09. The van der Waals surface area contributed by atoms with E-state index in [0.717, 1.165) is 11.1 Å². The van der Waals surface area contributed by atoms with Crippen LogP contribution < -0.4 is 5.73 Å². The van der Waals surface area contributed by atoms with Gasteiger partial charge in [0.25, 0.3) is 0 Å². The average molecular weight is 223 g/mol. The smallest absolute Gasteiger partial charge is 0.310 e. The molecule has 1 aromatic carbocycles. The molecule has 4 heteroatoms. The second kappa shape index (κ2) is 6.25. The van der Waals surface area contributed by atoms with Crippen LogP contribution in [0.2, 0.25) is 0 Å². The Kier molecular flexibility index (Phi) is 4.95. The third kappa shape index (κ3) is 3.64. The first-order valence-corrected chi connectivity index (χ1v) is 5.28. The third-order valence-corrected chi connectivity index (χ3v) is 2.26. The van der Waals surface area contributed by atoms with Crippen LogP contribution in [0.5, 0.6) is 0 Å². The fourth-order valence-corrected chi connectivity index (χ4v) is 1.37. The van der Waals surface area contributed by atoms with E-state index in [-0.39, 0.29) is 25.0 Å². The van der Waals surface area contributed by atoms with Gasteiger partial charge in [-0.05, 0) is 18.1 Å². The van der Waals surface area contributed by atoms with Gasteiger partial charge in [0, 0.05) is 0 Å². The molecule has 16 heavy (non-hydrogen) atoms. The molecule has 1 atom stereocenters. The van der Waals surface area contributed by atoms with E-state index in [0.29, 0.717) is 6.61 Å². The zero-order chi connectivity index (χ0) is 12.0. The van der Waals surface area contributed by atoms with Gasteiger partial charge in [-0.2, -0.15) is 0 Å². The van der Waals surface area contributed by atoms with E-state index in [9.17, 15) is 4.79 Å². The Morgan fingerprint density at radius 2 is 2.06 bits per heavy atom. The summed E-state index contributed by atoms with van der Waals surface area (Å²) in [6.45, 7) is 2.09. The molecule has 0 aliphatic heterocycles. The molecule has 0 aliphatic rings. The number of carbonyl (C=O) groups is 1. The SMILES string of the molecule is CCOC(=O)Cc1ccc([C@H](N)CO)cc1. The molecular weight excluding hydrogens is 206 g/mol. The van der Waals surface area contributed by atoms with E-state index in [2.05, 4.69) is 0 Å². The van der Waals surface area contributed by atoms with Crippen LogP contribution in [0.4, 0.5) is 0 Å². The summed E-state index contributed by atoms with van der Waals surface area (Å²) in [6, 6.07) is 6.91. The van der Waals surface area contributed by atoms with Crippen molar-refractivity contribution in [3.05, 3.63) is 35.4 Å². The highest BCUT2D eigenvalue weighted by Gasteiger charge is 2.06. The van der Waals surface area contributed by atoms with Gasteiger partial charge in [0.2, 0.25) is 0 Å². The number of hydrogen-bond donors (Lipinski definition) is 2. The number of benzene rings is 1. The molecular formula is C12H17NO3. The summed E-state index contributed by atoms with van der Waals surface area (Å²) in [5, 5.41) is 8.87. The highest BCUT2D eigenvalue weighted by Crippen LogP contribution is 2.11. The first kappa shape index (κ1) is 12.7. The quantitative estimate of drug-likeness (QED) is 0.724. The summed E-state index contributed by atoms with van der Waals surface area (Å²) in [5.41, 5.74) is 7.39. The lowest BCUT2D eigenvalue weighted by atomic mass is 10.0. The molecule has 4 nitrogen and oxygen atoms in total. The second-order valence-corrected chi connectivity index (χ2v) is 3.51. The summed E-state index contributed by atoms with van der Waals surface area (Å²) < 4.78 is 4.84. The van der Waals surface area contributed by atoms with E-state index in [1.54, 1.807) is 6.92 Å². The number of aliphatic hydroxyl groups excluding tert-OH is 1. The van der Waals surface area contributed by atoms with Crippen molar-refractivity contribution >= 4 is 5.97 Å². The first-order chi connectivity index (χ1) is 7.67. The fourth-order valence-electron chi connectivity index (χ4n) is 1.37. The zero-order valence-electron chi connectivity index (χ0n) is 9.35. The molecule has 0 fully saturated rings. The van der Waals surface area contributed by atoms with Gasteiger partial charge in [0.15, 0.2) is 0 Å². The molecule has 0 bridgehead atoms. The van der Waals surface area contributed by atoms with Crippen LogP contribution in [-0.2, 0) is 16.0 Å². The molecule has 0 amide bonds. The highest BCUT2D eigenvalue weighted by molar-refractivity contribution is 5.72. The van der Waals surface area contributed by atoms with E-state index in [1.165, 1.54) is 0 Å². The summed E-state index contributed by atoms with van der Waals surface area (Å²) in [6.07, 6.45) is 0.266. The standard InChI is InChI=1S/C12H17NO3/c1-2-16-12(15)7-9-3-5-10(6-4-9)11(13)8-14/h3-6,11,14H,2,7-8,13H2,1H3/t11-/m1/s1. The second-order valence-electron chi connectivity index (χ2n) is 3.51. The Balaban J connectivity index is 2.61. The molecule has 0 aliphatic carbocycles. The van der Waals surface area contributed by atoms with Gasteiger partial charge >= 0.3 is 5.97 Å². The Bertz CT molecular complexity index is 335. The number of carbonyl (C=O) groups excluding carboxylic acids is 1. The zero-order valence-corrected chi connectivity index (χ0v) is 9.35. The van der Waals surface area contributed by atoms with Crippen molar-refractivity contribution in [1.29, 1.82) is 0 Å². The van der Waals surface area contributed by atoms with Crippen LogP contribution in [-0.4, -0.2) is 24.3 Å². The van der Waals surface area contributed by atoms with E-state index in [1.807, 2.05) is 24.3 Å². The molecule has 3 N–H and O–H groups in total. The molecule has 0 aromatic heterocycles. The van der Waals surface area contributed by atoms with Gasteiger partial charge in [-0.15, -0.1) is 0 Å². The van der Waals surface area contributed by atoms with E-state index in [4.69, 9.17) is 15.6 Å². The molecule has 0 radical (unpaired) electrons. The number of rotatable bonds is 5. The van der Waals surface area contributed by atoms with Crippen molar-refractivity contribution in [3.63, 3.8) is 0 Å². The first-order valence-electron chi connectivity index (χ1n) is 5.28. The van der Waals surface area contributed by atoms with Gasteiger partial charge < -0.3 is 15.6 Å². The maximum absolute atomic E-state index is 11.2. The Hall–Kier alpha value is -1.39. The maximum Gasteiger partial charge on any atom is 0.310 e. The molecule has 88 valence electrons. The van der Waals surface area contributed by atoms with Gasteiger partial charge in [-0.1, -0.05) is 24.3 Å². The molecule has 1 aromatic rings. The van der Waals surface area contributed by atoms with Crippen LogP contribution in [0, 0.1) is 0 Å². The number of aliphatic hydroxyl groups is 1. The van der Waals surface area contributed by atoms with Gasteiger partial charge in [-0.25, -0.2) is 0 Å². The summed E-state index contributed by atoms with van der Waals surface area (Å²) in [7, 11) is 0. The predicted molar refractivity (Wildman–Crippen MR) is 60.8 cm³/mol. The molecule has 1 rings (SSSR count). The van der Waals surface area contributed by atoms with Crippen LogP contribution in [0.25, 0.3) is 0 Å². The van der Waals surface area contributed by atoms with Crippen LogP contribution in [0.1, 0.15) is 24.1 Å². The number of ether oxygens (including phenoxy) is 1. The van der Waals surface area contributed by atoms with Crippen molar-refractivity contribution in [2.45, 2.75) is 19.4 Å². The van der Waals surface area contributed by atoms with Crippen molar-refractivity contribution < 1.29 is 14.6 Å². The Morgan fingerprint density at radius 1 is 1.44 bits per heavy atom. The van der Waals surface area contributed by atoms with Crippen molar-refractivity contribution in [1.82, 2.24) is 0 Å². The minimum absolute atomic E-state index is 0.0861. The van der Waals surface area contributed by atoms with Gasteiger partial charge in [-0.3, -0.25) is 4.79 Å². The number of nitrogens with two attached hydrogens (primary N) is 1.